The van der Waals surface area contributed by atoms with Gasteiger partial charge in [0.15, 0.2) is 5.82 Å². The molecule has 1 saturated heterocycles. The number of anilines is 1. The summed E-state index contributed by atoms with van der Waals surface area (Å²) in [7, 11) is 3.15. The summed E-state index contributed by atoms with van der Waals surface area (Å²) in [5, 5.41) is 0. The SMILES string of the molecule is COc1ccc(C(=O)N2CCN(c3cc(C)nc(-c4ccc(C)cc4)n3)CC2)c(OC)c1. The lowest BCUT2D eigenvalue weighted by atomic mass is 10.1. The Morgan fingerprint density at radius 3 is 2.25 bits per heavy atom. The van der Waals surface area contributed by atoms with Crippen molar-refractivity contribution < 1.29 is 14.3 Å². The Bertz CT molecular complexity index is 1110. The molecule has 7 nitrogen and oxygen atoms in total. The molecule has 2 aromatic carbocycles. The maximum atomic E-state index is 13.1. The molecular formula is C25H28N4O3. The highest BCUT2D eigenvalue weighted by molar-refractivity contribution is 5.97. The summed E-state index contributed by atoms with van der Waals surface area (Å²) >= 11 is 0. The molecule has 0 radical (unpaired) electrons. The van der Waals surface area contributed by atoms with Crippen LogP contribution < -0.4 is 14.4 Å². The first-order valence-corrected chi connectivity index (χ1v) is 10.7. The minimum Gasteiger partial charge on any atom is -0.497 e. The van der Waals surface area contributed by atoms with Crippen LogP contribution in [0.5, 0.6) is 11.5 Å². The van der Waals surface area contributed by atoms with Gasteiger partial charge in [0.1, 0.15) is 17.3 Å². The molecule has 1 aromatic heterocycles. The standard InChI is InChI=1S/C25H28N4O3/c1-17-5-7-19(8-6-17)24-26-18(2)15-23(27-24)28-11-13-29(14-12-28)25(30)21-10-9-20(31-3)16-22(21)32-4/h5-10,15-16H,11-14H2,1-4H3. The summed E-state index contributed by atoms with van der Waals surface area (Å²) in [4.78, 5) is 26.6. The molecule has 0 saturated carbocycles. The minimum absolute atomic E-state index is 0.0386. The van der Waals surface area contributed by atoms with E-state index in [2.05, 4.69) is 28.9 Å². The third-order valence-electron chi connectivity index (χ3n) is 5.68. The van der Waals surface area contributed by atoms with Crippen LogP contribution >= 0.6 is 0 Å². The van der Waals surface area contributed by atoms with E-state index in [0.717, 1.165) is 22.9 Å². The molecule has 166 valence electrons. The van der Waals surface area contributed by atoms with Gasteiger partial charge >= 0.3 is 0 Å². The van der Waals surface area contributed by atoms with Crippen LogP contribution in [0.15, 0.2) is 48.5 Å². The second-order valence-electron chi connectivity index (χ2n) is 7.90. The van der Waals surface area contributed by atoms with E-state index in [1.165, 1.54) is 5.56 Å². The number of nitrogens with zero attached hydrogens (tertiary/aromatic N) is 4. The van der Waals surface area contributed by atoms with Crippen molar-refractivity contribution in [3.05, 3.63) is 65.4 Å². The molecule has 0 N–H and O–H groups in total. The predicted molar refractivity (Wildman–Crippen MR) is 125 cm³/mol. The third kappa shape index (κ3) is 4.51. The number of benzene rings is 2. The maximum Gasteiger partial charge on any atom is 0.257 e. The number of methoxy groups -OCH3 is 2. The van der Waals surface area contributed by atoms with Gasteiger partial charge in [0.25, 0.3) is 5.91 Å². The fourth-order valence-corrected chi connectivity index (χ4v) is 3.83. The molecule has 1 aliphatic heterocycles. The number of piperazine rings is 1. The Kier molecular flexibility index (Phi) is 6.25. The smallest absolute Gasteiger partial charge is 0.257 e. The van der Waals surface area contributed by atoms with E-state index in [0.29, 0.717) is 43.2 Å². The number of aromatic nitrogens is 2. The molecule has 1 amide bonds. The van der Waals surface area contributed by atoms with Crippen LogP contribution in [-0.4, -0.2) is 61.2 Å². The molecule has 7 heteroatoms. The van der Waals surface area contributed by atoms with E-state index in [1.54, 1.807) is 32.4 Å². The zero-order chi connectivity index (χ0) is 22.7. The quantitative estimate of drug-likeness (QED) is 0.612. The average molecular weight is 433 g/mol. The molecular weight excluding hydrogens is 404 g/mol. The van der Waals surface area contributed by atoms with Crippen LogP contribution in [0.4, 0.5) is 5.82 Å². The average Bonchev–Trinajstić information content (AvgIpc) is 2.83. The van der Waals surface area contributed by atoms with Gasteiger partial charge in [-0.1, -0.05) is 29.8 Å². The van der Waals surface area contributed by atoms with Crippen molar-refractivity contribution in [2.75, 3.05) is 45.3 Å². The summed E-state index contributed by atoms with van der Waals surface area (Å²) in [6, 6.07) is 15.5. The highest BCUT2D eigenvalue weighted by Gasteiger charge is 2.25. The van der Waals surface area contributed by atoms with E-state index in [-0.39, 0.29) is 5.91 Å². The Labute approximate surface area is 188 Å². The van der Waals surface area contributed by atoms with Crippen molar-refractivity contribution in [2.45, 2.75) is 13.8 Å². The fraction of sp³-hybridized carbons (Fsp3) is 0.320. The first kappa shape index (κ1) is 21.6. The Morgan fingerprint density at radius 2 is 1.59 bits per heavy atom. The number of rotatable bonds is 5. The van der Waals surface area contributed by atoms with Gasteiger partial charge in [-0.2, -0.15) is 0 Å². The highest BCUT2D eigenvalue weighted by atomic mass is 16.5. The van der Waals surface area contributed by atoms with Crippen LogP contribution in [0.3, 0.4) is 0 Å². The second-order valence-corrected chi connectivity index (χ2v) is 7.90. The first-order valence-electron chi connectivity index (χ1n) is 10.7. The normalized spacial score (nSPS) is 13.8. The van der Waals surface area contributed by atoms with E-state index in [1.807, 2.05) is 30.0 Å². The molecule has 2 heterocycles. The minimum atomic E-state index is -0.0386. The van der Waals surface area contributed by atoms with Crippen molar-refractivity contribution in [3.63, 3.8) is 0 Å². The van der Waals surface area contributed by atoms with Crippen molar-refractivity contribution in [1.82, 2.24) is 14.9 Å². The van der Waals surface area contributed by atoms with Gasteiger partial charge in [-0.15, -0.1) is 0 Å². The van der Waals surface area contributed by atoms with Crippen LogP contribution in [0.25, 0.3) is 11.4 Å². The van der Waals surface area contributed by atoms with Crippen LogP contribution in [0, 0.1) is 13.8 Å². The number of amides is 1. The van der Waals surface area contributed by atoms with Gasteiger partial charge < -0.3 is 19.3 Å². The molecule has 0 atom stereocenters. The van der Waals surface area contributed by atoms with E-state index < -0.39 is 0 Å². The second kappa shape index (κ2) is 9.26. The molecule has 0 unspecified atom stereocenters. The first-order chi connectivity index (χ1) is 15.5. The van der Waals surface area contributed by atoms with Crippen molar-refractivity contribution in [3.8, 4) is 22.9 Å². The molecule has 32 heavy (non-hydrogen) atoms. The molecule has 1 aliphatic rings. The molecule has 3 aromatic rings. The van der Waals surface area contributed by atoms with E-state index in [9.17, 15) is 4.79 Å². The van der Waals surface area contributed by atoms with Crippen molar-refractivity contribution in [1.29, 1.82) is 0 Å². The van der Waals surface area contributed by atoms with Crippen molar-refractivity contribution >= 4 is 11.7 Å². The van der Waals surface area contributed by atoms with Gasteiger partial charge in [0.2, 0.25) is 0 Å². The highest BCUT2D eigenvalue weighted by Crippen LogP contribution is 2.27. The number of hydrogen-bond acceptors (Lipinski definition) is 6. The Morgan fingerprint density at radius 1 is 0.875 bits per heavy atom. The summed E-state index contributed by atoms with van der Waals surface area (Å²) in [5.41, 5.74) is 3.67. The summed E-state index contributed by atoms with van der Waals surface area (Å²) < 4.78 is 10.6. The van der Waals surface area contributed by atoms with Gasteiger partial charge in [-0.25, -0.2) is 9.97 Å². The van der Waals surface area contributed by atoms with Crippen molar-refractivity contribution in [2.24, 2.45) is 0 Å². The summed E-state index contributed by atoms with van der Waals surface area (Å²) in [6.45, 7) is 6.67. The lowest BCUT2D eigenvalue weighted by Gasteiger charge is -2.35. The Hall–Kier alpha value is -3.61. The number of hydrogen-bond donors (Lipinski definition) is 0. The zero-order valence-electron chi connectivity index (χ0n) is 19.0. The number of ether oxygens (including phenoxy) is 2. The number of carbonyl (C=O) groups excluding carboxylic acids is 1. The topological polar surface area (TPSA) is 67.8 Å². The molecule has 4 rings (SSSR count). The third-order valence-corrected chi connectivity index (χ3v) is 5.68. The molecule has 1 fully saturated rings. The summed E-state index contributed by atoms with van der Waals surface area (Å²) in [6.07, 6.45) is 0. The zero-order valence-corrected chi connectivity index (χ0v) is 19.0. The lowest BCUT2D eigenvalue weighted by Crippen LogP contribution is -2.49. The van der Waals surface area contributed by atoms with Crippen LogP contribution in [0.1, 0.15) is 21.6 Å². The Balaban J connectivity index is 1.48. The van der Waals surface area contributed by atoms with Crippen LogP contribution in [-0.2, 0) is 0 Å². The molecule has 0 bridgehead atoms. The van der Waals surface area contributed by atoms with Gasteiger partial charge in [0.05, 0.1) is 19.8 Å². The van der Waals surface area contributed by atoms with E-state index in [4.69, 9.17) is 14.5 Å². The van der Waals surface area contributed by atoms with Gasteiger partial charge in [-0.3, -0.25) is 4.79 Å². The van der Waals surface area contributed by atoms with Gasteiger partial charge in [0, 0.05) is 49.6 Å². The molecule has 0 aliphatic carbocycles. The fourth-order valence-electron chi connectivity index (χ4n) is 3.83. The van der Waals surface area contributed by atoms with E-state index >= 15 is 0 Å². The van der Waals surface area contributed by atoms with Gasteiger partial charge in [-0.05, 0) is 26.0 Å². The summed E-state index contributed by atoms with van der Waals surface area (Å²) in [5.74, 6) is 2.75. The lowest BCUT2D eigenvalue weighted by molar-refractivity contribution is 0.0743. The monoisotopic (exact) mass is 432 g/mol. The predicted octanol–water partition coefficient (Wildman–Crippen LogP) is 3.74. The largest absolute Gasteiger partial charge is 0.497 e. The maximum absolute atomic E-state index is 13.1. The molecule has 0 spiro atoms. The van der Waals surface area contributed by atoms with Crippen LogP contribution in [0.2, 0.25) is 0 Å². The number of aryl methyl sites for hydroxylation is 2. The number of carbonyl (C=O) groups is 1.